The third-order valence-electron chi connectivity index (χ3n) is 2.52. The number of hydrogen-bond acceptors (Lipinski definition) is 2. The van der Waals surface area contributed by atoms with Gasteiger partial charge in [-0.05, 0) is 52.2 Å². The second-order valence-corrected chi connectivity index (χ2v) is 5.40. The Hall–Kier alpha value is -1.25. The minimum absolute atomic E-state index is 0.119. The molecule has 0 spiro atoms. The predicted molar refractivity (Wildman–Crippen MR) is 76.3 cm³/mol. The van der Waals surface area contributed by atoms with Gasteiger partial charge in [-0.3, -0.25) is 0 Å². The summed E-state index contributed by atoms with van der Waals surface area (Å²) in [6.45, 7) is 15.8. The molecule has 0 bridgehead atoms. The van der Waals surface area contributed by atoms with Crippen molar-refractivity contribution in [1.82, 2.24) is 4.90 Å². The smallest absolute Gasteiger partial charge is 0.411 e. The van der Waals surface area contributed by atoms with Gasteiger partial charge in [0.05, 0.1) is 0 Å². The van der Waals surface area contributed by atoms with Crippen LogP contribution in [0.5, 0.6) is 0 Å². The van der Waals surface area contributed by atoms with E-state index in [4.69, 9.17) is 4.74 Å². The molecule has 0 aromatic rings. The molecule has 3 heteroatoms. The van der Waals surface area contributed by atoms with Gasteiger partial charge in [-0.2, -0.15) is 0 Å². The first-order valence-corrected chi connectivity index (χ1v) is 6.62. The van der Waals surface area contributed by atoms with Crippen molar-refractivity contribution in [3.63, 3.8) is 0 Å². The summed E-state index contributed by atoms with van der Waals surface area (Å²) in [5.74, 6) is 1.07. The van der Waals surface area contributed by atoms with E-state index in [0.29, 0.717) is 11.7 Å². The molecule has 0 rings (SSSR count). The third kappa shape index (κ3) is 5.89. The van der Waals surface area contributed by atoms with E-state index in [2.05, 4.69) is 20.4 Å². The average Bonchev–Trinajstić information content (AvgIpc) is 2.22. The largest absolute Gasteiger partial charge is 0.415 e. The minimum Gasteiger partial charge on any atom is -0.411 e. The van der Waals surface area contributed by atoms with E-state index in [0.717, 1.165) is 6.42 Å². The van der Waals surface area contributed by atoms with Crippen LogP contribution in [0.3, 0.4) is 0 Å². The summed E-state index contributed by atoms with van der Waals surface area (Å²) < 4.78 is 5.36. The molecule has 0 atom stereocenters. The summed E-state index contributed by atoms with van der Waals surface area (Å²) >= 11 is 0. The molecule has 104 valence electrons. The SMILES string of the molecule is C=C/C(=C/CC(C)C)OC(=O)N(C(C)C)C(C)C. The number of carbonyl (C=O) groups excluding carboxylic acids is 1. The second-order valence-electron chi connectivity index (χ2n) is 5.40. The van der Waals surface area contributed by atoms with Gasteiger partial charge < -0.3 is 9.64 Å². The molecule has 0 heterocycles. The van der Waals surface area contributed by atoms with Crippen LogP contribution >= 0.6 is 0 Å². The molecular weight excluding hydrogens is 226 g/mol. The van der Waals surface area contributed by atoms with E-state index in [-0.39, 0.29) is 18.2 Å². The van der Waals surface area contributed by atoms with E-state index in [1.54, 1.807) is 11.0 Å². The Bertz CT molecular complexity index is 296. The molecule has 0 unspecified atom stereocenters. The van der Waals surface area contributed by atoms with Crippen molar-refractivity contribution in [3.8, 4) is 0 Å². The van der Waals surface area contributed by atoms with Gasteiger partial charge in [0.2, 0.25) is 0 Å². The monoisotopic (exact) mass is 253 g/mol. The fourth-order valence-corrected chi connectivity index (χ4v) is 1.69. The highest BCUT2D eigenvalue weighted by Crippen LogP contribution is 2.12. The van der Waals surface area contributed by atoms with Gasteiger partial charge >= 0.3 is 6.09 Å². The number of hydrogen-bond donors (Lipinski definition) is 0. The third-order valence-corrected chi connectivity index (χ3v) is 2.52. The van der Waals surface area contributed by atoms with Crippen molar-refractivity contribution in [2.75, 3.05) is 0 Å². The Morgan fingerprint density at radius 2 is 1.67 bits per heavy atom. The summed E-state index contributed by atoms with van der Waals surface area (Å²) in [5, 5.41) is 0. The van der Waals surface area contributed by atoms with Crippen LogP contribution in [0, 0.1) is 5.92 Å². The number of amides is 1. The molecule has 0 aromatic heterocycles. The summed E-state index contributed by atoms with van der Waals surface area (Å²) in [6, 6.07) is 0.238. The molecule has 0 aliphatic heterocycles. The van der Waals surface area contributed by atoms with Gasteiger partial charge in [0.1, 0.15) is 5.76 Å². The number of rotatable bonds is 6. The molecule has 0 saturated carbocycles. The first-order valence-electron chi connectivity index (χ1n) is 6.62. The van der Waals surface area contributed by atoms with Gasteiger partial charge in [0, 0.05) is 12.1 Å². The number of allylic oxidation sites excluding steroid dienone is 2. The van der Waals surface area contributed by atoms with Crippen molar-refractivity contribution in [3.05, 3.63) is 24.5 Å². The number of carbonyl (C=O) groups is 1. The summed E-state index contributed by atoms with van der Waals surface area (Å²) in [5.41, 5.74) is 0. The molecule has 1 amide bonds. The van der Waals surface area contributed by atoms with E-state index >= 15 is 0 Å². The highest BCUT2D eigenvalue weighted by atomic mass is 16.6. The number of nitrogens with zero attached hydrogens (tertiary/aromatic N) is 1. The zero-order chi connectivity index (χ0) is 14.3. The van der Waals surface area contributed by atoms with Crippen LogP contribution in [0.25, 0.3) is 0 Å². The highest BCUT2D eigenvalue weighted by Gasteiger charge is 2.22. The molecule has 0 N–H and O–H groups in total. The topological polar surface area (TPSA) is 29.5 Å². The Morgan fingerprint density at radius 3 is 2.00 bits per heavy atom. The fraction of sp³-hybridized carbons (Fsp3) is 0.667. The summed E-state index contributed by atoms with van der Waals surface area (Å²) in [6.07, 6.45) is 4.06. The fourth-order valence-electron chi connectivity index (χ4n) is 1.69. The van der Waals surface area contributed by atoms with Crippen molar-refractivity contribution < 1.29 is 9.53 Å². The van der Waals surface area contributed by atoms with Crippen molar-refractivity contribution >= 4 is 6.09 Å². The van der Waals surface area contributed by atoms with Crippen LogP contribution in [-0.4, -0.2) is 23.1 Å². The lowest BCUT2D eigenvalue weighted by atomic mass is 10.1. The predicted octanol–water partition coefficient (Wildman–Crippen LogP) is 4.36. The Labute approximate surface area is 112 Å². The van der Waals surface area contributed by atoms with Crippen LogP contribution < -0.4 is 0 Å². The maximum Gasteiger partial charge on any atom is 0.415 e. The van der Waals surface area contributed by atoms with E-state index in [1.165, 1.54) is 0 Å². The normalized spacial score (nSPS) is 12.2. The van der Waals surface area contributed by atoms with Crippen molar-refractivity contribution in [1.29, 1.82) is 0 Å². The van der Waals surface area contributed by atoms with Crippen molar-refractivity contribution in [2.45, 2.75) is 60.0 Å². The lowest BCUT2D eigenvalue weighted by molar-refractivity contribution is 0.104. The average molecular weight is 253 g/mol. The quantitative estimate of drug-likeness (QED) is 0.520. The molecule has 0 aliphatic carbocycles. The van der Waals surface area contributed by atoms with Crippen LogP contribution in [0.2, 0.25) is 0 Å². The highest BCUT2D eigenvalue weighted by molar-refractivity contribution is 5.70. The molecule has 18 heavy (non-hydrogen) atoms. The van der Waals surface area contributed by atoms with Crippen LogP contribution in [0.4, 0.5) is 4.79 Å². The first-order chi connectivity index (χ1) is 8.29. The lowest BCUT2D eigenvalue weighted by Gasteiger charge is -2.29. The van der Waals surface area contributed by atoms with E-state index in [9.17, 15) is 4.79 Å². The van der Waals surface area contributed by atoms with Gasteiger partial charge in [-0.25, -0.2) is 4.79 Å². The molecule has 0 radical (unpaired) electrons. The molecule has 0 saturated heterocycles. The minimum atomic E-state index is -0.310. The van der Waals surface area contributed by atoms with Gasteiger partial charge in [0.15, 0.2) is 0 Å². The maximum atomic E-state index is 12.1. The number of ether oxygens (including phenoxy) is 1. The van der Waals surface area contributed by atoms with Crippen LogP contribution in [0.1, 0.15) is 48.0 Å². The van der Waals surface area contributed by atoms with Crippen LogP contribution in [0.15, 0.2) is 24.5 Å². The first kappa shape index (κ1) is 16.8. The Morgan fingerprint density at radius 1 is 1.17 bits per heavy atom. The second kappa shape index (κ2) is 7.96. The molecule has 0 aliphatic rings. The van der Waals surface area contributed by atoms with Gasteiger partial charge in [0.25, 0.3) is 0 Å². The standard InChI is InChI=1S/C15H27NO2/c1-8-14(10-9-11(2)3)18-15(17)16(12(4)5)13(6)7/h8,10-13H,1,9H2,2-7H3/b14-10-. The summed E-state index contributed by atoms with van der Waals surface area (Å²) in [4.78, 5) is 13.8. The van der Waals surface area contributed by atoms with E-state index in [1.807, 2.05) is 33.8 Å². The Kier molecular flexibility index (Phi) is 7.41. The zero-order valence-electron chi connectivity index (χ0n) is 12.6. The molecule has 0 fully saturated rings. The zero-order valence-corrected chi connectivity index (χ0v) is 12.6. The Balaban J connectivity index is 4.69. The van der Waals surface area contributed by atoms with Crippen molar-refractivity contribution in [2.24, 2.45) is 5.92 Å². The molecule has 0 aromatic carbocycles. The van der Waals surface area contributed by atoms with Gasteiger partial charge in [-0.1, -0.05) is 20.4 Å². The van der Waals surface area contributed by atoms with Gasteiger partial charge in [-0.15, -0.1) is 0 Å². The maximum absolute atomic E-state index is 12.1. The lowest BCUT2D eigenvalue weighted by Crippen LogP contribution is -2.42. The van der Waals surface area contributed by atoms with Crippen LogP contribution in [-0.2, 0) is 4.74 Å². The molecular formula is C15H27NO2. The summed E-state index contributed by atoms with van der Waals surface area (Å²) in [7, 11) is 0. The molecule has 3 nitrogen and oxygen atoms in total. The van der Waals surface area contributed by atoms with E-state index < -0.39 is 0 Å².